The lowest BCUT2D eigenvalue weighted by atomic mass is 10.00. The van der Waals surface area contributed by atoms with Gasteiger partial charge in [-0.15, -0.1) is 11.8 Å². The third-order valence-electron chi connectivity index (χ3n) is 8.46. The highest BCUT2D eigenvalue weighted by Gasteiger charge is 2.31. The molecule has 0 bridgehead atoms. The predicted molar refractivity (Wildman–Crippen MR) is 198 cm³/mol. The van der Waals surface area contributed by atoms with E-state index in [-0.39, 0.29) is 59.9 Å². The Balaban J connectivity index is 1.55. The quantitative estimate of drug-likeness (QED) is 0.0941. The summed E-state index contributed by atoms with van der Waals surface area (Å²) in [4.78, 5) is 31.5. The van der Waals surface area contributed by atoms with E-state index in [1.807, 2.05) is 0 Å². The van der Waals surface area contributed by atoms with Crippen molar-refractivity contribution in [2.24, 2.45) is 0 Å². The van der Waals surface area contributed by atoms with E-state index < -0.39 is 112 Å². The van der Waals surface area contributed by atoms with Crippen molar-refractivity contribution in [2.75, 3.05) is 33.3 Å². The number of carbonyl (C=O) groups excluding carboxylic acids is 1. The van der Waals surface area contributed by atoms with E-state index in [2.05, 4.69) is 0 Å². The van der Waals surface area contributed by atoms with Crippen molar-refractivity contribution in [3.05, 3.63) is 135 Å². The van der Waals surface area contributed by atoms with Gasteiger partial charge in [0.2, 0.25) is 5.91 Å². The van der Waals surface area contributed by atoms with Crippen LogP contribution < -0.4 is 5.43 Å². The van der Waals surface area contributed by atoms with Crippen molar-refractivity contribution in [3.8, 4) is 11.1 Å². The Labute approximate surface area is 326 Å². The third-order valence-corrected chi connectivity index (χ3v) is 9.26. The average Bonchev–Trinajstić information content (AvgIpc) is 3.24. The maximum Gasteiger partial charge on any atom is 0.416 e. The molecule has 0 saturated carbocycles. The fraction of sp³-hybridized carbons (Fsp3) is 0.317. The minimum absolute atomic E-state index is 0.0299. The molecule has 0 atom stereocenters. The number of carbonyl (C=O) groups is 1. The van der Waals surface area contributed by atoms with Gasteiger partial charge in [-0.25, -0.2) is 8.78 Å². The molecule has 4 aromatic carbocycles. The number of rotatable bonds is 12. The highest BCUT2D eigenvalue weighted by Crippen LogP contribution is 2.32. The fourth-order valence-corrected chi connectivity index (χ4v) is 6.42. The first-order chi connectivity index (χ1) is 30.1. The van der Waals surface area contributed by atoms with Crippen LogP contribution in [0.25, 0.3) is 22.0 Å². The number of ether oxygens (including phenoxy) is 1. The Hall–Kier alpha value is -4.52. The summed E-state index contributed by atoms with van der Waals surface area (Å²) in [5.41, 5.74) is -7.09. The zero-order valence-electron chi connectivity index (χ0n) is 40.3. The molecule has 53 heavy (non-hydrogen) atoms. The van der Waals surface area contributed by atoms with Crippen LogP contribution >= 0.6 is 11.8 Å². The van der Waals surface area contributed by atoms with Crippen molar-refractivity contribution < 1.29 is 47.9 Å². The van der Waals surface area contributed by atoms with Crippen molar-refractivity contribution >= 4 is 28.6 Å². The number of nitrogens with zero attached hydrogens (tertiary/aromatic N) is 3. The van der Waals surface area contributed by atoms with Crippen molar-refractivity contribution in [1.29, 1.82) is 0 Å². The van der Waals surface area contributed by atoms with Crippen LogP contribution in [0.4, 0.5) is 22.0 Å². The van der Waals surface area contributed by atoms with Gasteiger partial charge >= 0.3 is 6.18 Å². The molecule has 2 heterocycles. The van der Waals surface area contributed by atoms with Crippen molar-refractivity contribution in [1.82, 2.24) is 14.4 Å². The monoisotopic (exact) mass is 761 g/mol. The molecular formula is C41H40F5N3O3S. The number of hydrogen-bond acceptors (Lipinski definition) is 5. The second-order valence-corrected chi connectivity index (χ2v) is 12.8. The summed E-state index contributed by atoms with van der Waals surface area (Å²) in [7, 11) is 1.17. The Kier molecular flexibility index (Phi) is 8.01. The Bertz CT molecular complexity index is 2700. The molecule has 278 valence electrons. The van der Waals surface area contributed by atoms with Crippen LogP contribution in [-0.4, -0.2) is 59.6 Å². The van der Waals surface area contributed by atoms with Gasteiger partial charge in [-0.1, -0.05) is 60.1 Å². The van der Waals surface area contributed by atoms with Gasteiger partial charge in [0.25, 0.3) is 0 Å². The molecule has 1 aliphatic rings. The summed E-state index contributed by atoms with van der Waals surface area (Å²) in [6.45, 7) is -7.79. The number of amides is 1. The van der Waals surface area contributed by atoms with Crippen LogP contribution in [-0.2, 0) is 34.4 Å². The number of methoxy groups -OCH3 is 1. The minimum Gasteiger partial charge on any atom is -0.383 e. The maximum absolute atomic E-state index is 15.3. The van der Waals surface area contributed by atoms with Gasteiger partial charge in [0, 0.05) is 64.7 Å². The first-order valence-electron chi connectivity index (χ1n) is 22.3. The summed E-state index contributed by atoms with van der Waals surface area (Å²) in [6.07, 6.45) is -4.80. The normalized spacial score (nSPS) is 18.5. The van der Waals surface area contributed by atoms with Crippen molar-refractivity contribution in [3.63, 3.8) is 0 Å². The Morgan fingerprint density at radius 3 is 2.34 bits per heavy atom. The molecule has 1 amide bonds. The molecule has 6 nitrogen and oxygen atoms in total. The molecule has 1 aliphatic heterocycles. The lowest BCUT2D eigenvalue weighted by Crippen LogP contribution is -2.48. The van der Waals surface area contributed by atoms with Gasteiger partial charge in [0.1, 0.15) is 6.50 Å². The van der Waals surface area contributed by atoms with Crippen LogP contribution in [0.5, 0.6) is 0 Å². The average molecular weight is 762 g/mol. The first-order valence-corrected chi connectivity index (χ1v) is 17.1. The van der Waals surface area contributed by atoms with E-state index in [4.69, 9.17) is 15.7 Å². The van der Waals surface area contributed by atoms with Crippen LogP contribution in [0.2, 0.25) is 0 Å². The second kappa shape index (κ2) is 16.7. The molecular weight excluding hydrogens is 710 g/mol. The number of alkyl halides is 3. The number of hydrogen-bond donors (Lipinski definition) is 0. The van der Waals surface area contributed by atoms with Crippen molar-refractivity contribution in [2.45, 2.75) is 55.7 Å². The van der Waals surface area contributed by atoms with Gasteiger partial charge < -0.3 is 19.1 Å². The molecule has 0 N–H and O–H groups in total. The number of pyridine rings is 1. The third kappa shape index (κ3) is 9.17. The van der Waals surface area contributed by atoms with E-state index in [9.17, 15) is 27.8 Å². The topological polar surface area (TPSA) is 54.8 Å². The van der Waals surface area contributed by atoms with Gasteiger partial charge in [-0.05, 0) is 66.7 Å². The van der Waals surface area contributed by atoms with Gasteiger partial charge in [0.15, 0.2) is 17.1 Å². The highest BCUT2D eigenvalue weighted by atomic mass is 32.2. The van der Waals surface area contributed by atoms with E-state index >= 15 is 9.18 Å². The molecule has 5 aromatic rings. The minimum atomic E-state index is -4.60. The molecule has 1 fully saturated rings. The molecule has 12 heteroatoms. The predicted octanol–water partition coefficient (Wildman–Crippen LogP) is 8.71. The number of benzene rings is 4. The maximum atomic E-state index is 15.3. The molecule has 0 unspecified atom stereocenters. The molecule has 0 radical (unpaired) electrons. The zero-order chi connectivity index (χ0) is 48.4. The number of thioether (sulfide) groups is 1. The van der Waals surface area contributed by atoms with E-state index in [1.165, 1.54) is 50.4 Å². The van der Waals surface area contributed by atoms with E-state index in [0.29, 0.717) is 22.1 Å². The molecule has 6 rings (SSSR count). The van der Waals surface area contributed by atoms with Gasteiger partial charge in [-0.3, -0.25) is 9.59 Å². The number of likely N-dealkylation sites (tertiary alicyclic amines) is 1. The Morgan fingerprint density at radius 2 is 1.68 bits per heavy atom. The first kappa shape index (κ1) is 25.5. The second-order valence-electron chi connectivity index (χ2n) is 12.0. The lowest BCUT2D eigenvalue weighted by molar-refractivity contribution is -0.137. The van der Waals surface area contributed by atoms with Gasteiger partial charge in [-0.2, -0.15) is 13.2 Å². The van der Waals surface area contributed by atoms with E-state index in [0.717, 1.165) is 24.3 Å². The molecule has 1 saturated heterocycles. The number of piperidine rings is 1. The van der Waals surface area contributed by atoms with Crippen LogP contribution in [0, 0.1) is 18.6 Å². The molecule has 0 aliphatic carbocycles. The molecule has 0 spiro atoms. The SMILES string of the molecule is [2H]c1c(C)c([2H])c2c(=O)c([2H])c(SC([2H])([2H])c3cccc(F)c3F)n(C([2H])([2H])C(=O)N(C3CCN(CC([2H])([2H])OC)CC3)C([2H])([2H])c3ccc(-c4ccc(C(F)(F)F)cc4)cc3)c2c1[2H]. The van der Waals surface area contributed by atoms with Crippen LogP contribution in [0.1, 0.15) is 51.5 Å². The largest absolute Gasteiger partial charge is 0.416 e. The summed E-state index contributed by atoms with van der Waals surface area (Å²) in [5.74, 6) is -4.87. The summed E-state index contributed by atoms with van der Waals surface area (Å²) in [6, 6.07) is 7.06. The molecule has 1 aromatic heterocycles. The number of aromatic nitrogens is 1. The highest BCUT2D eigenvalue weighted by molar-refractivity contribution is 7.98. The summed E-state index contributed by atoms with van der Waals surface area (Å²) in [5, 5.41) is -1.86. The number of halogens is 5. The Morgan fingerprint density at radius 1 is 1.00 bits per heavy atom. The number of fused-ring (bicyclic) bond motifs is 1. The van der Waals surface area contributed by atoms with Gasteiger partial charge in [0.05, 0.1) is 36.4 Å². The summed E-state index contributed by atoms with van der Waals surface area (Å²) < 4.78 is 182. The fourth-order valence-electron chi connectivity index (χ4n) is 5.68. The van der Waals surface area contributed by atoms with Crippen LogP contribution in [0.3, 0.4) is 0 Å². The smallest absolute Gasteiger partial charge is 0.383 e. The van der Waals surface area contributed by atoms with Crippen LogP contribution in [0.15, 0.2) is 101 Å². The zero-order valence-corrected chi connectivity index (χ0v) is 29.1. The van der Waals surface area contributed by atoms with E-state index in [1.54, 1.807) is 4.90 Å². The summed E-state index contributed by atoms with van der Waals surface area (Å²) >= 11 is -0.191. The lowest BCUT2D eigenvalue weighted by Gasteiger charge is -2.39. The standard InChI is InChI=1S/C41H40F5N3O3S/c1-27-6-15-36-34(22-27)37(50)23-39(53-26-31-4-3-5-35(42)40(31)43)49(36)25-38(51)48(33-16-18-47(19-17-33)20-21-52-2)24-28-7-9-29(10-8-28)30-11-13-32(14-12-30)41(44,45)46/h3-15,22-23,33H,16-21,24-26H2,1-2H3/i6D,15D,21D2,22D,23D,24D2,25D2,26D2.